The van der Waals surface area contributed by atoms with E-state index >= 15 is 0 Å². The molecule has 1 aromatic rings. The molecule has 1 saturated heterocycles. The van der Waals surface area contributed by atoms with E-state index in [0.29, 0.717) is 18.7 Å². The quantitative estimate of drug-likeness (QED) is 0.926. The van der Waals surface area contributed by atoms with Crippen molar-refractivity contribution >= 4 is 21.6 Å². The van der Waals surface area contributed by atoms with Crippen molar-refractivity contribution in [1.29, 1.82) is 0 Å². The van der Waals surface area contributed by atoms with Gasteiger partial charge in [0, 0.05) is 13.1 Å². The topological polar surface area (TPSA) is 57.6 Å². The summed E-state index contributed by atoms with van der Waals surface area (Å²) in [6, 6.07) is 4.63. The average molecular weight is 332 g/mol. The minimum absolute atomic E-state index is 0.0930. The molecular weight excluding hydrogens is 310 g/mol. The summed E-state index contributed by atoms with van der Waals surface area (Å²) in [7, 11) is -3.61. The van der Waals surface area contributed by atoms with Crippen LogP contribution < -0.4 is 0 Å². The molecule has 4 nitrogen and oxygen atoms in total. The summed E-state index contributed by atoms with van der Waals surface area (Å²) in [6.07, 6.45) is 2.70. The second kappa shape index (κ2) is 6.24. The van der Waals surface area contributed by atoms with Gasteiger partial charge in [-0.05, 0) is 42.4 Å². The van der Waals surface area contributed by atoms with E-state index in [9.17, 15) is 13.5 Å². The van der Waals surface area contributed by atoms with Gasteiger partial charge in [0.15, 0.2) is 0 Å². The summed E-state index contributed by atoms with van der Waals surface area (Å²) in [5, 5.41) is 9.40. The summed E-state index contributed by atoms with van der Waals surface area (Å²) < 4.78 is 27.1. The molecule has 2 rings (SSSR count). The maximum Gasteiger partial charge on any atom is 0.244 e. The van der Waals surface area contributed by atoms with E-state index in [1.54, 1.807) is 6.07 Å². The van der Waals surface area contributed by atoms with Gasteiger partial charge >= 0.3 is 0 Å². The summed E-state index contributed by atoms with van der Waals surface area (Å²) in [4.78, 5) is 0.0930. The van der Waals surface area contributed by atoms with Crippen molar-refractivity contribution in [3.05, 3.63) is 28.8 Å². The van der Waals surface area contributed by atoms with E-state index in [1.165, 1.54) is 16.4 Å². The van der Waals surface area contributed by atoms with Gasteiger partial charge in [-0.2, -0.15) is 4.31 Å². The number of aliphatic hydroxyl groups excluding tert-OH is 1. The Bertz CT molecular complexity index is 613. The minimum atomic E-state index is -3.61. The van der Waals surface area contributed by atoms with Crippen LogP contribution in [0.15, 0.2) is 23.1 Å². The first kappa shape index (κ1) is 16.7. The highest BCUT2D eigenvalue weighted by atomic mass is 35.5. The highest BCUT2D eigenvalue weighted by molar-refractivity contribution is 7.89. The molecule has 1 heterocycles. The number of nitrogens with zero attached hydrogens (tertiary/aromatic N) is 1. The minimum Gasteiger partial charge on any atom is -0.392 e. The summed E-state index contributed by atoms with van der Waals surface area (Å²) in [6.45, 7) is 5.16. The fraction of sp³-hybridized carbons (Fsp3) is 0.600. The molecular formula is C15H22ClNO3S. The van der Waals surface area contributed by atoms with Gasteiger partial charge in [0.25, 0.3) is 0 Å². The third-order valence-corrected chi connectivity index (χ3v) is 6.48. The van der Waals surface area contributed by atoms with Crippen molar-refractivity contribution in [3.8, 4) is 0 Å². The Morgan fingerprint density at radius 1 is 1.29 bits per heavy atom. The lowest BCUT2D eigenvalue weighted by Gasteiger charge is -2.23. The van der Waals surface area contributed by atoms with Crippen molar-refractivity contribution < 1.29 is 13.5 Å². The smallest absolute Gasteiger partial charge is 0.244 e. The average Bonchev–Trinajstić information content (AvgIpc) is 2.60. The van der Waals surface area contributed by atoms with Gasteiger partial charge in [-0.15, -0.1) is 0 Å². The van der Waals surface area contributed by atoms with Gasteiger partial charge in [-0.25, -0.2) is 8.42 Å². The van der Waals surface area contributed by atoms with Crippen molar-refractivity contribution in [2.45, 2.75) is 44.6 Å². The van der Waals surface area contributed by atoms with Crippen molar-refractivity contribution in [1.82, 2.24) is 4.31 Å². The van der Waals surface area contributed by atoms with E-state index in [1.807, 2.05) is 0 Å². The fourth-order valence-electron chi connectivity index (χ4n) is 2.62. The molecule has 0 saturated carbocycles. The molecule has 1 aliphatic rings. The zero-order valence-corrected chi connectivity index (χ0v) is 14.0. The van der Waals surface area contributed by atoms with Crippen molar-refractivity contribution in [2.75, 3.05) is 13.1 Å². The Morgan fingerprint density at radius 2 is 2.00 bits per heavy atom. The fourth-order valence-corrected chi connectivity index (χ4v) is 4.63. The number of rotatable bonds is 3. The number of benzene rings is 1. The van der Waals surface area contributed by atoms with Crippen molar-refractivity contribution in [2.24, 2.45) is 5.41 Å². The maximum absolute atomic E-state index is 12.8. The number of sulfonamides is 1. The van der Waals surface area contributed by atoms with Crippen LogP contribution in [-0.4, -0.2) is 30.9 Å². The lowest BCUT2D eigenvalue weighted by Crippen LogP contribution is -2.32. The molecule has 0 spiro atoms. The molecule has 1 aliphatic heterocycles. The zero-order valence-electron chi connectivity index (χ0n) is 12.5. The summed E-state index contributed by atoms with van der Waals surface area (Å²) in [5.41, 5.74) is 0.717. The van der Waals surface area contributed by atoms with Crippen LogP contribution >= 0.6 is 11.6 Å². The Balaban J connectivity index is 2.33. The molecule has 1 fully saturated rings. The number of hydrogen-bond acceptors (Lipinski definition) is 3. The van der Waals surface area contributed by atoms with E-state index in [4.69, 9.17) is 11.6 Å². The van der Waals surface area contributed by atoms with Crippen LogP contribution in [0.1, 0.15) is 38.7 Å². The summed E-state index contributed by atoms with van der Waals surface area (Å²) >= 11 is 6.07. The predicted molar refractivity (Wildman–Crippen MR) is 83.8 cm³/mol. The van der Waals surface area contributed by atoms with Crippen LogP contribution in [-0.2, 0) is 16.6 Å². The molecule has 118 valence electrons. The highest BCUT2D eigenvalue weighted by Gasteiger charge is 2.31. The van der Waals surface area contributed by atoms with Crippen LogP contribution in [0.25, 0.3) is 0 Å². The first-order valence-electron chi connectivity index (χ1n) is 7.16. The molecule has 0 aromatic heterocycles. The first-order chi connectivity index (χ1) is 9.76. The second-order valence-electron chi connectivity index (χ2n) is 6.34. The normalized spacial score (nSPS) is 20.2. The second-order valence-corrected chi connectivity index (χ2v) is 8.66. The van der Waals surface area contributed by atoms with Gasteiger partial charge in [0.05, 0.1) is 11.6 Å². The van der Waals surface area contributed by atoms with E-state index in [2.05, 4.69) is 13.8 Å². The molecule has 1 N–H and O–H groups in total. The van der Waals surface area contributed by atoms with Crippen LogP contribution in [0, 0.1) is 5.41 Å². The third kappa shape index (κ3) is 3.77. The van der Waals surface area contributed by atoms with Crippen LogP contribution in [0.2, 0.25) is 5.02 Å². The monoisotopic (exact) mass is 331 g/mol. The van der Waals surface area contributed by atoms with Gasteiger partial charge in [0.1, 0.15) is 4.90 Å². The van der Waals surface area contributed by atoms with Gasteiger partial charge in [-0.3, -0.25) is 0 Å². The lowest BCUT2D eigenvalue weighted by molar-refractivity contribution is 0.281. The molecule has 21 heavy (non-hydrogen) atoms. The van der Waals surface area contributed by atoms with E-state index < -0.39 is 10.0 Å². The van der Waals surface area contributed by atoms with Crippen LogP contribution in [0.3, 0.4) is 0 Å². The first-order valence-corrected chi connectivity index (χ1v) is 8.97. The molecule has 1 aromatic carbocycles. The molecule has 0 bridgehead atoms. The van der Waals surface area contributed by atoms with Gasteiger partial charge in [0.2, 0.25) is 10.0 Å². The van der Waals surface area contributed by atoms with Gasteiger partial charge in [-0.1, -0.05) is 31.5 Å². The van der Waals surface area contributed by atoms with E-state index in [0.717, 1.165) is 19.3 Å². The molecule has 0 amide bonds. The van der Waals surface area contributed by atoms with Crippen LogP contribution in [0.4, 0.5) is 0 Å². The Morgan fingerprint density at radius 3 is 2.67 bits per heavy atom. The SMILES string of the molecule is CC1(C)CCCN(S(=O)(=O)c2cc(CO)ccc2Cl)CC1. The van der Waals surface area contributed by atoms with E-state index in [-0.39, 0.29) is 21.9 Å². The molecule has 0 atom stereocenters. The number of halogens is 1. The van der Waals surface area contributed by atoms with Crippen molar-refractivity contribution in [3.63, 3.8) is 0 Å². The molecule has 0 unspecified atom stereocenters. The highest BCUT2D eigenvalue weighted by Crippen LogP contribution is 2.33. The Kier molecular flexibility index (Phi) is 4.98. The Labute approximate surface area is 131 Å². The zero-order chi connectivity index (χ0) is 15.7. The standard InChI is InChI=1S/C15H22ClNO3S/c1-15(2)6-3-8-17(9-7-15)21(19,20)14-10-12(11-18)4-5-13(14)16/h4-5,10,18H,3,6-9,11H2,1-2H3. The largest absolute Gasteiger partial charge is 0.392 e. The molecule has 0 aliphatic carbocycles. The number of hydrogen-bond donors (Lipinski definition) is 1. The summed E-state index contributed by atoms with van der Waals surface area (Å²) in [5.74, 6) is 0. The number of aliphatic hydroxyl groups is 1. The molecule has 6 heteroatoms. The lowest BCUT2D eigenvalue weighted by atomic mass is 9.85. The Hall–Kier alpha value is -0.620. The predicted octanol–water partition coefficient (Wildman–Crippen LogP) is 3.03. The van der Waals surface area contributed by atoms with Gasteiger partial charge < -0.3 is 5.11 Å². The maximum atomic E-state index is 12.8. The van der Waals surface area contributed by atoms with Crippen LogP contribution in [0.5, 0.6) is 0 Å². The third-order valence-electron chi connectivity index (χ3n) is 4.10. The molecule has 0 radical (unpaired) electrons.